The molecule has 0 amide bonds. The molecule has 0 aliphatic carbocycles. The fourth-order valence-corrected chi connectivity index (χ4v) is 0.616. The summed E-state index contributed by atoms with van der Waals surface area (Å²) in [6.07, 6.45) is 0.831. The summed E-state index contributed by atoms with van der Waals surface area (Å²) in [5.41, 5.74) is 0. The van der Waals surface area contributed by atoms with E-state index in [0.29, 0.717) is 6.42 Å². The average molecular weight is 144 g/mol. The van der Waals surface area contributed by atoms with Crippen molar-refractivity contribution < 1.29 is 10.2 Å². The molecular formula is C8H16O2. The lowest BCUT2D eigenvalue weighted by Gasteiger charge is -2.15. The van der Waals surface area contributed by atoms with Crippen LogP contribution in [0.4, 0.5) is 0 Å². The topological polar surface area (TPSA) is 40.5 Å². The third-order valence-electron chi connectivity index (χ3n) is 1.52. The Labute approximate surface area is 62.2 Å². The number of aliphatic hydroxyl groups is 2. The van der Waals surface area contributed by atoms with Crippen molar-refractivity contribution in [1.82, 2.24) is 0 Å². The van der Waals surface area contributed by atoms with Gasteiger partial charge in [0.25, 0.3) is 0 Å². The predicted octanol–water partition coefficient (Wildman–Crippen LogP) is 0.940. The van der Waals surface area contributed by atoms with E-state index >= 15 is 0 Å². The van der Waals surface area contributed by atoms with Gasteiger partial charge in [-0.15, -0.1) is 6.58 Å². The first-order valence-electron chi connectivity index (χ1n) is 3.56. The zero-order valence-corrected chi connectivity index (χ0v) is 6.62. The Morgan fingerprint density at radius 2 is 1.90 bits per heavy atom. The average Bonchev–Trinajstić information content (AvgIpc) is 1.87. The van der Waals surface area contributed by atoms with E-state index in [2.05, 4.69) is 6.58 Å². The maximum Gasteiger partial charge on any atom is 0.0743 e. The van der Waals surface area contributed by atoms with Gasteiger partial charge in [-0.3, -0.25) is 0 Å². The van der Waals surface area contributed by atoms with Gasteiger partial charge >= 0.3 is 0 Å². The highest BCUT2D eigenvalue weighted by Gasteiger charge is 2.11. The first-order chi connectivity index (χ1) is 4.57. The maximum atomic E-state index is 9.22. The summed E-state index contributed by atoms with van der Waals surface area (Å²) in [6, 6.07) is 0. The zero-order valence-electron chi connectivity index (χ0n) is 6.62. The molecule has 0 aliphatic heterocycles. The van der Waals surface area contributed by atoms with Crippen LogP contribution in [-0.2, 0) is 0 Å². The summed E-state index contributed by atoms with van der Waals surface area (Å²) in [5.74, 6) is 0.203. The largest absolute Gasteiger partial charge is 0.393 e. The van der Waals surface area contributed by atoms with Crippen molar-refractivity contribution in [3.8, 4) is 0 Å². The van der Waals surface area contributed by atoms with Crippen molar-refractivity contribution in [2.75, 3.05) is 0 Å². The van der Waals surface area contributed by atoms with Gasteiger partial charge in [0, 0.05) is 6.42 Å². The molecule has 2 nitrogen and oxygen atoms in total. The molecule has 0 spiro atoms. The summed E-state index contributed by atoms with van der Waals surface area (Å²) in [4.78, 5) is 0. The summed E-state index contributed by atoms with van der Waals surface area (Å²) in [5, 5.41) is 18.2. The molecule has 0 aromatic heterocycles. The number of hydrogen-bond donors (Lipinski definition) is 2. The summed E-state index contributed by atoms with van der Waals surface area (Å²) >= 11 is 0. The van der Waals surface area contributed by atoms with Crippen molar-refractivity contribution >= 4 is 0 Å². The van der Waals surface area contributed by atoms with Crippen LogP contribution < -0.4 is 0 Å². The van der Waals surface area contributed by atoms with Crippen molar-refractivity contribution in [3.05, 3.63) is 12.7 Å². The molecule has 2 atom stereocenters. The van der Waals surface area contributed by atoms with Crippen LogP contribution in [0.25, 0.3) is 0 Å². The van der Waals surface area contributed by atoms with E-state index in [1.807, 2.05) is 13.8 Å². The molecule has 0 fully saturated rings. The Morgan fingerprint density at radius 1 is 1.40 bits per heavy atom. The van der Waals surface area contributed by atoms with Crippen LogP contribution in [0.5, 0.6) is 0 Å². The molecule has 2 heteroatoms. The van der Waals surface area contributed by atoms with Gasteiger partial charge in [-0.2, -0.15) is 0 Å². The number of aliphatic hydroxyl groups excluding tert-OH is 2. The fourth-order valence-electron chi connectivity index (χ4n) is 0.616. The maximum absolute atomic E-state index is 9.22. The second kappa shape index (κ2) is 4.47. The number of hydrogen-bond acceptors (Lipinski definition) is 2. The van der Waals surface area contributed by atoms with Crippen molar-refractivity contribution in [1.29, 1.82) is 0 Å². The van der Waals surface area contributed by atoms with E-state index in [1.54, 1.807) is 0 Å². The van der Waals surface area contributed by atoms with Gasteiger partial charge in [0.2, 0.25) is 0 Å². The fraction of sp³-hybridized carbons (Fsp3) is 0.750. The molecular weight excluding hydrogens is 128 g/mol. The molecule has 0 saturated heterocycles. The molecule has 0 aromatic carbocycles. The standard InChI is InChI=1S/C8H16O2/c1-4-7(9)5-8(10)6(2)3/h4,6-10H,1,5H2,2-3H3. The minimum atomic E-state index is -0.572. The van der Waals surface area contributed by atoms with Gasteiger partial charge in [-0.25, -0.2) is 0 Å². The number of rotatable bonds is 4. The lowest BCUT2D eigenvalue weighted by Crippen LogP contribution is -2.20. The quantitative estimate of drug-likeness (QED) is 0.576. The molecule has 0 bridgehead atoms. The normalized spacial score (nSPS) is 16.9. The van der Waals surface area contributed by atoms with Crippen LogP contribution in [-0.4, -0.2) is 22.4 Å². The van der Waals surface area contributed by atoms with Gasteiger partial charge in [0.1, 0.15) is 0 Å². The van der Waals surface area contributed by atoms with Gasteiger partial charge in [0.15, 0.2) is 0 Å². The summed E-state index contributed by atoms with van der Waals surface area (Å²) in [7, 11) is 0. The van der Waals surface area contributed by atoms with E-state index in [1.165, 1.54) is 6.08 Å². The molecule has 0 aliphatic rings. The highest BCUT2D eigenvalue weighted by molar-refractivity contribution is 4.80. The minimum absolute atomic E-state index is 0.203. The molecule has 0 saturated carbocycles. The monoisotopic (exact) mass is 144 g/mol. The first-order valence-corrected chi connectivity index (χ1v) is 3.56. The summed E-state index contributed by atoms with van der Waals surface area (Å²) < 4.78 is 0. The molecule has 0 aromatic rings. The molecule has 0 rings (SSSR count). The molecule has 0 radical (unpaired) electrons. The van der Waals surface area contributed by atoms with Crippen LogP contribution in [0.15, 0.2) is 12.7 Å². The van der Waals surface area contributed by atoms with Gasteiger partial charge in [0.05, 0.1) is 12.2 Å². The van der Waals surface area contributed by atoms with E-state index in [9.17, 15) is 5.11 Å². The Morgan fingerprint density at radius 3 is 2.20 bits per heavy atom. The smallest absolute Gasteiger partial charge is 0.0743 e. The van der Waals surface area contributed by atoms with Crippen molar-refractivity contribution in [2.45, 2.75) is 32.5 Å². The first kappa shape index (κ1) is 9.66. The Bertz CT molecular complexity index is 99.4. The van der Waals surface area contributed by atoms with Gasteiger partial charge in [-0.1, -0.05) is 19.9 Å². The van der Waals surface area contributed by atoms with Crippen LogP contribution in [0.3, 0.4) is 0 Å². The van der Waals surface area contributed by atoms with E-state index in [0.717, 1.165) is 0 Å². The predicted molar refractivity (Wildman–Crippen MR) is 41.7 cm³/mol. The lowest BCUT2D eigenvalue weighted by atomic mass is 10.0. The third kappa shape index (κ3) is 3.64. The molecule has 2 unspecified atom stereocenters. The summed E-state index contributed by atoms with van der Waals surface area (Å²) in [6.45, 7) is 7.25. The van der Waals surface area contributed by atoms with Crippen LogP contribution >= 0.6 is 0 Å². The Balaban J connectivity index is 3.56. The SMILES string of the molecule is C=CC(O)CC(O)C(C)C. The second-order valence-electron chi connectivity index (χ2n) is 2.85. The van der Waals surface area contributed by atoms with Crippen molar-refractivity contribution in [2.24, 2.45) is 5.92 Å². The Hall–Kier alpha value is -0.340. The van der Waals surface area contributed by atoms with Crippen LogP contribution in [0.2, 0.25) is 0 Å². The highest BCUT2D eigenvalue weighted by Crippen LogP contribution is 2.08. The molecule has 2 N–H and O–H groups in total. The van der Waals surface area contributed by atoms with E-state index in [-0.39, 0.29) is 5.92 Å². The minimum Gasteiger partial charge on any atom is -0.393 e. The van der Waals surface area contributed by atoms with Gasteiger partial charge < -0.3 is 10.2 Å². The van der Waals surface area contributed by atoms with Crippen LogP contribution in [0, 0.1) is 5.92 Å². The molecule has 0 heterocycles. The highest BCUT2D eigenvalue weighted by atomic mass is 16.3. The second-order valence-corrected chi connectivity index (χ2v) is 2.85. The zero-order chi connectivity index (χ0) is 8.15. The van der Waals surface area contributed by atoms with E-state index < -0.39 is 12.2 Å². The van der Waals surface area contributed by atoms with Crippen LogP contribution in [0.1, 0.15) is 20.3 Å². The lowest BCUT2D eigenvalue weighted by molar-refractivity contribution is 0.0715. The van der Waals surface area contributed by atoms with Crippen molar-refractivity contribution in [3.63, 3.8) is 0 Å². The van der Waals surface area contributed by atoms with Gasteiger partial charge in [-0.05, 0) is 5.92 Å². The molecule has 10 heavy (non-hydrogen) atoms. The Kier molecular flexibility index (Phi) is 4.32. The third-order valence-corrected chi connectivity index (χ3v) is 1.52. The van der Waals surface area contributed by atoms with E-state index in [4.69, 9.17) is 5.11 Å². The molecule has 60 valence electrons.